The van der Waals surface area contributed by atoms with Gasteiger partial charge in [-0.05, 0) is 38.2 Å². The first-order valence-corrected chi connectivity index (χ1v) is 9.04. The molecule has 4 nitrogen and oxygen atoms in total. The number of piperidine rings is 1. The Bertz CT molecular complexity index is 656. The lowest BCUT2D eigenvalue weighted by atomic mass is 10.00. The second kappa shape index (κ2) is 7.65. The van der Waals surface area contributed by atoms with E-state index in [1.807, 2.05) is 6.07 Å². The number of hydrogen-bond acceptors (Lipinski definition) is 4. The van der Waals surface area contributed by atoms with Crippen molar-refractivity contribution < 1.29 is 0 Å². The molecule has 0 N–H and O–H groups in total. The maximum atomic E-state index is 4.89. The highest BCUT2D eigenvalue weighted by atomic mass is 15.3. The van der Waals surface area contributed by atoms with Crippen molar-refractivity contribution in [3.8, 4) is 0 Å². The van der Waals surface area contributed by atoms with Gasteiger partial charge in [-0.1, -0.05) is 37.3 Å². The van der Waals surface area contributed by atoms with Gasteiger partial charge in [0.1, 0.15) is 5.82 Å². The van der Waals surface area contributed by atoms with E-state index in [0.29, 0.717) is 6.04 Å². The largest absolute Gasteiger partial charge is 0.353 e. The summed E-state index contributed by atoms with van der Waals surface area (Å²) in [5, 5.41) is 0. The molecule has 0 bridgehead atoms. The van der Waals surface area contributed by atoms with Gasteiger partial charge in [0, 0.05) is 37.9 Å². The van der Waals surface area contributed by atoms with E-state index in [2.05, 4.69) is 66.0 Å². The first kappa shape index (κ1) is 16.7. The van der Waals surface area contributed by atoms with Crippen molar-refractivity contribution >= 4 is 11.8 Å². The zero-order chi connectivity index (χ0) is 16.9. The zero-order valence-electron chi connectivity index (χ0n) is 15.1. The predicted molar refractivity (Wildman–Crippen MR) is 101 cm³/mol. The van der Waals surface area contributed by atoms with Crippen molar-refractivity contribution in [3.05, 3.63) is 47.7 Å². The molecular formula is C20H28N4. The van der Waals surface area contributed by atoms with Crippen molar-refractivity contribution in [1.82, 2.24) is 9.97 Å². The quantitative estimate of drug-likeness (QED) is 0.825. The summed E-state index contributed by atoms with van der Waals surface area (Å²) < 4.78 is 0. The van der Waals surface area contributed by atoms with Crippen molar-refractivity contribution in [2.24, 2.45) is 0 Å². The SMILES string of the molecule is CCC1CCCCN1c1cc(C)nc(N(C)Cc2ccccc2)n1. The van der Waals surface area contributed by atoms with Crippen LogP contribution in [0.25, 0.3) is 0 Å². The normalized spacial score (nSPS) is 17.8. The van der Waals surface area contributed by atoms with Gasteiger partial charge in [0.2, 0.25) is 5.95 Å². The Morgan fingerprint density at radius 1 is 1.17 bits per heavy atom. The van der Waals surface area contributed by atoms with Crippen LogP contribution in [-0.2, 0) is 6.54 Å². The summed E-state index contributed by atoms with van der Waals surface area (Å²) in [6.45, 7) is 6.27. The van der Waals surface area contributed by atoms with Crippen LogP contribution in [0, 0.1) is 6.92 Å². The van der Waals surface area contributed by atoms with Crippen LogP contribution in [0.3, 0.4) is 0 Å². The van der Waals surface area contributed by atoms with Gasteiger partial charge in [-0.15, -0.1) is 0 Å². The lowest BCUT2D eigenvalue weighted by Crippen LogP contribution is -2.40. The van der Waals surface area contributed by atoms with Gasteiger partial charge in [0.15, 0.2) is 0 Å². The molecule has 1 aliphatic rings. The average Bonchev–Trinajstić information content (AvgIpc) is 2.62. The smallest absolute Gasteiger partial charge is 0.227 e. The highest BCUT2D eigenvalue weighted by Gasteiger charge is 2.23. The molecule has 0 radical (unpaired) electrons. The first-order valence-electron chi connectivity index (χ1n) is 9.04. The van der Waals surface area contributed by atoms with Gasteiger partial charge in [-0.25, -0.2) is 4.98 Å². The highest BCUT2D eigenvalue weighted by Crippen LogP contribution is 2.27. The standard InChI is InChI=1S/C20H28N4/c1-4-18-12-8-9-13-24(18)19-14-16(2)21-20(22-19)23(3)15-17-10-6-5-7-11-17/h5-7,10-11,14,18H,4,8-9,12-13,15H2,1-3H3. The van der Waals surface area contributed by atoms with Crippen molar-refractivity contribution in [2.75, 3.05) is 23.4 Å². The minimum atomic E-state index is 0.611. The monoisotopic (exact) mass is 324 g/mol. The number of anilines is 2. The molecule has 2 aromatic rings. The predicted octanol–water partition coefficient (Wildman–Crippen LogP) is 4.19. The molecule has 3 rings (SSSR count). The molecule has 1 aliphatic heterocycles. The van der Waals surface area contributed by atoms with E-state index in [1.54, 1.807) is 0 Å². The van der Waals surface area contributed by atoms with Crippen molar-refractivity contribution in [3.63, 3.8) is 0 Å². The van der Waals surface area contributed by atoms with E-state index in [-0.39, 0.29) is 0 Å². The second-order valence-corrected chi connectivity index (χ2v) is 6.76. The number of aryl methyl sites for hydroxylation is 1. The average molecular weight is 324 g/mol. The fraction of sp³-hybridized carbons (Fsp3) is 0.500. The van der Waals surface area contributed by atoms with E-state index < -0.39 is 0 Å². The summed E-state index contributed by atoms with van der Waals surface area (Å²) >= 11 is 0. The van der Waals surface area contributed by atoms with Gasteiger partial charge in [0.25, 0.3) is 0 Å². The Balaban J connectivity index is 1.83. The van der Waals surface area contributed by atoms with Crippen LogP contribution in [0.5, 0.6) is 0 Å². The molecular weight excluding hydrogens is 296 g/mol. The molecule has 0 saturated carbocycles. The highest BCUT2D eigenvalue weighted by molar-refractivity contribution is 5.47. The van der Waals surface area contributed by atoms with Gasteiger partial charge >= 0.3 is 0 Å². The third kappa shape index (κ3) is 3.86. The molecule has 1 atom stereocenters. The molecule has 1 aromatic carbocycles. The number of aromatic nitrogens is 2. The molecule has 0 amide bonds. The van der Waals surface area contributed by atoms with E-state index in [4.69, 9.17) is 4.98 Å². The van der Waals surface area contributed by atoms with Crippen LogP contribution in [0.15, 0.2) is 36.4 Å². The van der Waals surface area contributed by atoms with Crippen LogP contribution in [0.4, 0.5) is 11.8 Å². The fourth-order valence-electron chi connectivity index (χ4n) is 3.51. The summed E-state index contributed by atoms with van der Waals surface area (Å²) in [7, 11) is 2.07. The molecule has 2 heterocycles. The summed E-state index contributed by atoms with van der Waals surface area (Å²) in [6, 6.07) is 13.2. The van der Waals surface area contributed by atoms with Crippen LogP contribution in [0.1, 0.15) is 43.9 Å². The minimum absolute atomic E-state index is 0.611. The molecule has 4 heteroatoms. The Kier molecular flexibility index (Phi) is 5.34. The topological polar surface area (TPSA) is 32.3 Å². The zero-order valence-corrected chi connectivity index (χ0v) is 15.1. The summed E-state index contributed by atoms with van der Waals surface area (Å²) in [5.74, 6) is 1.90. The lowest BCUT2D eigenvalue weighted by molar-refractivity contribution is 0.446. The Morgan fingerprint density at radius 2 is 1.96 bits per heavy atom. The van der Waals surface area contributed by atoms with Crippen LogP contribution < -0.4 is 9.80 Å². The van der Waals surface area contributed by atoms with Crippen molar-refractivity contribution in [2.45, 2.75) is 52.1 Å². The van der Waals surface area contributed by atoms with E-state index in [0.717, 1.165) is 30.5 Å². The number of rotatable bonds is 5. The van der Waals surface area contributed by atoms with Crippen molar-refractivity contribution in [1.29, 1.82) is 0 Å². The van der Waals surface area contributed by atoms with E-state index >= 15 is 0 Å². The Morgan fingerprint density at radius 3 is 2.71 bits per heavy atom. The number of nitrogens with zero attached hydrogens (tertiary/aromatic N) is 4. The molecule has 128 valence electrons. The summed E-state index contributed by atoms with van der Waals surface area (Å²) in [4.78, 5) is 14.2. The minimum Gasteiger partial charge on any atom is -0.353 e. The van der Waals surface area contributed by atoms with Gasteiger partial charge in [0.05, 0.1) is 0 Å². The molecule has 1 aromatic heterocycles. The molecule has 24 heavy (non-hydrogen) atoms. The lowest BCUT2D eigenvalue weighted by Gasteiger charge is -2.36. The molecule has 1 unspecified atom stereocenters. The van der Waals surface area contributed by atoms with Gasteiger partial charge < -0.3 is 9.80 Å². The Hall–Kier alpha value is -2.10. The van der Waals surface area contributed by atoms with Gasteiger partial charge in [-0.2, -0.15) is 4.98 Å². The fourth-order valence-corrected chi connectivity index (χ4v) is 3.51. The molecule has 1 saturated heterocycles. The van der Waals surface area contributed by atoms with Crippen LogP contribution in [0.2, 0.25) is 0 Å². The molecule has 0 aliphatic carbocycles. The maximum absolute atomic E-state index is 4.89. The number of hydrogen-bond donors (Lipinski definition) is 0. The van der Waals surface area contributed by atoms with Crippen LogP contribution in [-0.4, -0.2) is 29.6 Å². The summed E-state index contributed by atoms with van der Waals surface area (Å²) in [6.07, 6.45) is 5.04. The molecule has 0 spiro atoms. The molecule has 1 fully saturated rings. The van der Waals surface area contributed by atoms with Gasteiger partial charge in [-0.3, -0.25) is 0 Å². The number of benzene rings is 1. The van der Waals surface area contributed by atoms with Crippen LogP contribution >= 0.6 is 0 Å². The first-order chi connectivity index (χ1) is 11.7. The summed E-state index contributed by atoms with van der Waals surface area (Å²) in [5.41, 5.74) is 2.31. The van der Waals surface area contributed by atoms with E-state index in [9.17, 15) is 0 Å². The third-order valence-electron chi connectivity index (χ3n) is 4.83. The van der Waals surface area contributed by atoms with E-state index in [1.165, 1.54) is 31.2 Å². The Labute approximate surface area is 145 Å². The second-order valence-electron chi connectivity index (χ2n) is 6.76. The maximum Gasteiger partial charge on any atom is 0.227 e. The third-order valence-corrected chi connectivity index (χ3v) is 4.83.